The third-order valence-corrected chi connectivity index (χ3v) is 5.18. The van der Waals surface area contributed by atoms with Gasteiger partial charge in [-0.3, -0.25) is 0 Å². The van der Waals surface area contributed by atoms with Crippen LogP contribution in [0.3, 0.4) is 0 Å². The Morgan fingerprint density at radius 2 is 2.00 bits per heavy atom. The van der Waals surface area contributed by atoms with Crippen LogP contribution in [-0.4, -0.2) is 17.3 Å². The number of ether oxygens (including phenoxy) is 2. The maximum absolute atomic E-state index is 10.3. The Hall–Kier alpha value is -2.16. The number of hydrogen-bond acceptors (Lipinski definition) is 3. The topological polar surface area (TPSA) is 38.7 Å². The number of phenolic OH excluding ortho intramolecular Hbond substituents is 1. The Balaban J connectivity index is 1.65. The molecule has 0 saturated heterocycles. The summed E-state index contributed by atoms with van der Waals surface area (Å²) in [7, 11) is 0. The predicted molar refractivity (Wildman–Crippen MR) is 94.3 cm³/mol. The first kappa shape index (κ1) is 15.4. The van der Waals surface area contributed by atoms with Crippen LogP contribution in [0.15, 0.2) is 30.3 Å². The van der Waals surface area contributed by atoms with Crippen molar-refractivity contribution in [3.05, 3.63) is 52.6 Å². The van der Waals surface area contributed by atoms with Crippen molar-refractivity contribution in [1.82, 2.24) is 0 Å². The molecular weight excluding hydrogens is 300 g/mol. The van der Waals surface area contributed by atoms with Crippen molar-refractivity contribution in [2.45, 2.75) is 51.6 Å². The Morgan fingerprint density at radius 1 is 1.17 bits per heavy atom. The van der Waals surface area contributed by atoms with E-state index in [1.165, 1.54) is 11.1 Å². The van der Waals surface area contributed by atoms with E-state index >= 15 is 0 Å². The molecule has 2 heterocycles. The summed E-state index contributed by atoms with van der Waals surface area (Å²) in [5, 5.41) is 10.3. The lowest BCUT2D eigenvalue weighted by molar-refractivity contribution is 0.0826. The fourth-order valence-electron chi connectivity index (χ4n) is 3.81. The van der Waals surface area contributed by atoms with E-state index in [1.54, 1.807) is 0 Å². The van der Waals surface area contributed by atoms with Gasteiger partial charge in [0.15, 0.2) is 0 Å². The van der Waals surface area contributed by atoms with Gasteiger partial charge in [-0.2, -0.15) is 0 Å². The van der Waals surface area contributed by atoms with Gasteiger partial charge in [0.1, 0.15) is 22.8 Å². The first-order valence-corrected chi connectivity index (χ1v) is 8.69. The highest BCUT2D eigenvalue weighted by Gasteiger charge is 2.32. The van der Waals surface area contributed by atoms with Crippen LogP contribution in [0.2, 0.25) is 0 Å². The summed E-state index contributed by atoms with van der Waals surface area (Å²) >= 11 is 0. The molecule has 0 bridgehead atoms. The van der Waals surface area contributed by atoms with Crippen molar-refractivity contribution in [3.63, 3.8) is 0 Å². The fourth-order valence-corrected chi connectivity index (χ4v) is 3.81. The Bertz CT molecular complexity index is 792. The first-order valence-electron chi connectivity index (χ1n) is 8.69. The zero-order valence-corrected chi connectivity index (χ0v) is 14.6. The number of aromatic hydroxyl groups is 1. The monoisotopic (exact) mass is 324 g/mol. The van der Waals surface area contributed by atoms with Gasteiger partial charge in [-0.1, -0.05) is 18.2 Å². The SMILES string of the molecule is Cc1ccc([C@H]2COc3c(ccc4c3CCC(C)(C)O4)C2)c(O)c1. The van der Waals surface area contributed by atoms with E-state index in [4.69, 9.17) is 9.47 Å². The molecule has 0 aromatic heterocycles. The second-order valence-corrected chi connectivity index (χ2v) is 7.67. The molecule has 1 N–H and O–H groups in total. The molecule has 0 fully saturated rings. The van der Waals surface area contributed by atoms with Crippen molar-refractivity contribution in [2.75, 3.05) is 6.61 Å². The van der Waals surface area contributed by atoms with E-state index in [-0.39, 0.29) is 11.5 Å². The van der Waals surface area contributed by atoms with Crippen LogP contribution in [0.25, 0.3) is 0 Å². The zero-order valence-electron chi connectivity index (χ0n) is 14.6. The van der Waals surface area contributed by atoms with E-state index in [0.717, 1.165) is 41.9 Å². The van der Waals surface area contributed by atoms with Crippen LogP contribution in [0.1, 0.15) is 48.4 Å². The molecule has 4 rings (SSSR count). The first-order chi connectivity index (χ1) is 11.4. The summed E-state index contributed by atoms with van der Waals surface area (Å²) in [5.74, 6) is 2.53. The summed E-state index contributed by atoms with van der Waals surface area (Å²) in [6.45, 7) is 6.85. The number of rotatable bonds is 1. The molecule has 0 saturated carbocycles. The van der Waals surface area contributed by atoms with Crippen LogP contribution in [0.4, 0.5) is 0 Å². The molecule has 3 heteroatoms. The van der Waals surface area contributed by atoms with Crippen molar-refractivity contribution >= 4 is 0 Å². The van der Waals surface area contributed by atoms with Gasteiger partial charge in [0.05, 0.1) is 6.61 Å². The summed E-state index contributed by atoms with van der Waals surface area (Å²) in [5.41, 5.74) is 4.36. The minimum absolute atomic E-state index is 0.105. The van der Waals surface area contributed by atoms with E-state index < -0.39 is 0 Å². The summed E-state index contributed by atoms with van der Waals surface area (Å²) in [4.78, 5) is 0. The standard InChI is InChI=1S/C21H24O3/c1-13-4-6-16(18(22)10-13)15-11-14-5-7-19-17(20(14)23-12-15)8-9-21(2,3)24-19/h4-7,10,15,22H,8-9,11-12H2,1-3H3/t15-/m1/s1. The second-order valence-electron chi connectivity index (χ2n) is 7.67. The minimum atomic E-state index is -0.105. The van der Waals surface area contributed by atoms with Crippen molar-refractivity contribution in [2.24, 2.45) is 0 Å². The smallest absolute Gasteiger partial charge is 0.129 e. The molecule has 3 nitrogen and oxygen atoms in total. The number of fused-ring (bicyclic) bond motifs is 3. The number of aryl methyl sites for hydroxylation is 1. The third-order valence-electron chi connectivity index (χ3n) is 5.18. The van der Waals surface area contributed by atoms with Gasteiger partial charge in [0.2, 0.25) is 0 Å². The molecule has 0 unspecified atom stereocenters. The van der Waals surface area contributed by atoms with E-state index in [0.29, 0.717) is 12.4 Å². The minimum Gasteiger partial charge on any atom is -0.508 e. The lowest BCUT2D eigenvalue weighted by Crippen LogP contribution is -2.33. The van der Waals surface area contributed by atoms with E-state index in [2.05, 4.69) is 26.0 Å². The third kappa shape index (κ3) is 2.62. The molecule has 2 aliphatic rings. The highest BCUT2D eigenvalue weighted by atomic mass is 16.5. The molecule has 24 heavy (non-hydrogen) atoms. The molecule has 1 atom stereocenters. The molecule has 0 spiro atoms. The highest BCUT2D eigenvalue weighted by molar-refractivity contribution is 5.53. The lowest BCUT2D eigenvalue weighted by Gasteiger charge is -2.35. The van der Waals surface area contributed by atoms with E-state index in [1.807, 2.05) is 25.1 Å². The summed E-state index contributed by atoms with van der Waals surface area (Å²) in [6, 6.07) is 10.1. The largest absolute Gasteiger partial charge is 0.508 e. The van der Waals surface area contributed by atoms with E-state index in [9.17, 15) is 5.11 Å². The lowest BCUT2D eigenvalue weighted by atomic mass is 9.86. The van der Waals surface area contributed by atoms with Gasteiger partial charge in [0.25, 0.3) is 0 Å². The predicted octanol–water partition coefficient (Wildman–Crippen LogP) is 4.52. The van der Waals surface area contributed by atoms with Gasteiger partial charge in [-0.25, -0.2) is 0 Å². The quantitative estimate of drug-likeness (QED) is 0.838. The van der Waals surface area contributed by atoms with Crippen molar-refractivity contribution in [3.8, 4) is 17.2 Å². The van der Waals surface area contributed by atoms with Crippen LogP contribution >= 0.6 is 0 Å². The number of benzene rings is 2. The average Bonchev–Trinajstić information content (AvgIpc) is 2.53. The van der Waals surface area contributed by atoms with Gasteiger partial charge in [0, 0.05) is 17.0 Å². The van der Waals surface area contributed by atoms with Gasteiger partial charge < -0.3 is 14.6 Å². The normalized spacial score (nSPS) is 21.2. The number of hydrogen-bond donors (Lipinski definition) is 1. The summed E-state index contributed by atoms with van der Waals surface area (Å²) in [6.07, 6.45) is 2.89. The number of phenols is 1. The molecule has 0 aliphatic carbocycles. The Morgan fingerprint density at radius 3 is 2.79 bits per heavy atom. The van der Waals surface area contributed by atoms with Gasteiger partial charge >= 0.3 is 0 Å². The molecule has 2 aliphatic heterocycles. The molecule has 0 radical (unpaired) electrons. The van der Waals surface area contributed by atoms with Crippen LogP contribution in [-0.2, 0) is 12.8 Å². The Labute approximate surface area is 143 Å². The van der Waals surface area contributed by atoms with Crippen LogP contribution in [0, 0.1) is 6.92 Å². The van der Waals surface area contributed by atoms with Crippen molar-refractivity contribution in [1.29, 1.82) is 0 Å². The second kappa shape index (κ2) is 5.44. The van der Waals surface area contributed by atoms with Crippen molar-refractivity contribution < 1.29 is 14.6 Å². The summed E-state index contributed by atoms with van der Waals surface area (Å²) < 4.78 is 12.3. The molecular formula is C21H24O3. The molecule has 0 amide bonds. The zero-order chi connectivity index (χ0) is 16.9. The Kier molecular flexibility index (Phi) is 3.48. The average molecular weight is 324 g/mol. The molecule has 2 aromatic rings. The highest BCUT2D eigenvalue weighted by Crippen LogP contribution is 2.44. The van der Waals surface area contributed by atoms with Crippen LogP contribution < -0.4 is 9.47 Å². The molecule has 2 aromatic carbocycles. The maximum atomic E-state index is 10.3. The van der Waals surface area contributed by atoms with Gasteiger partial charge in [-0.15, -0.1) is 0 Å². The maximum Gasteiger partial charge on any atom is 0.129 e. The molecule has 126 valence electrons. The van der Waals surface area contributed by atoms with Gasteiger partial charge in [-0.05, 0) is 63.3 Å². The fraction of sp³-hybridized carbons (Fsp3) is 0.429. The van der Waals surface area contributed by atoms with Crippen LogP contribution in [0.5, 0.6) is 17.2 Å².